The van der Waals surface area contributed by atoms with E-state index in [0.717, 1.165) is 6.42 Å². The highest BCUT2D eigenvalue weighted by Crippen LogP contribution is 2.62. The molecule has 0 bridgehead atoms. The van der Waals surface area contributed by atoms with Gasteiger partial charge in [-0.15, -0.1) is 0 Å². The maximum absolute atomic E-state index is 2.81. The monoisotopic (exact) mass is 996 g/mol. The first-order valence-corrected chi connectivity index (χ1v) is 28.3. The summed E-state index contributed by atoms with van der Waals surface area (Å²) in [6, 6.07) is 66.6. The zero-order chi connectivity index (χ0) is 53.5. The van der Waals surface area contributed by atoms with Crippen LogP contribution in [-0.4, -0.2) is 12.3 Å². The van der Waals surface area contributed by atoms with E-state index in [0.29, 0.717) is 0 Å². The van der Waals surface area contributed by atoms with Crippen LogP contribution in [0.5, 0.6) is 0 Å². The van der Waals surface area contributed by atoms with Crippen molar-refractivity contribution in [2.24, 2.45) is 0 Å². The summed E-state index contributed by atoms with van der Waals surface area (Å²) < 4.78 is 0. The Morgan fingerprint density at radius 3 is 1.22 bits per heavy atom. The third kappa shape index (κ3) is 7.82. The molecule has 1 aliphatic carbocycles. The highest BCUT2D eigenvalue weighted by Gasteiger charge is 2.58. The molecule has 4 heteroatoms. The summed E-state index contributed by atoms with van der Waals surface area (Å²) >= 11 is 0. The molecule has 3 aliphatic heterocycles. The van der Waals surface area contributed by atoms with Gasteiger partial charge in [0.15, 0.2) is 0 Å². The van der Waals surface area contributed by atoms with Crippen LogP contribution in [0.4, 0.5) is 45.5 Å². The molecular weight excluding hydrogens is 918 g/mol. The number of hydrogen-bond acceptors (Lipinski definition) is 3. The fraction of sp³-hybridized carbons (Fsp3) is 0.333. The number of nitrogens with zero attached hydrogens (tertiary/aromatic N) is 3. The van der Waals surface area contributed by atoms with E-state index in [1.54, 1.807) is 0 Å². The van der Waals surface area contributed by atoms with Crippen molar-refractivity contribution in [3.8, 4) is 22.3 Å². The molecule has 384 valence electrons. The van der Waals surface area contributed by atoms with E-state index in [9.17, 15) is 0 Å². The van der Waals surface area contributed by atoms with Gasteiger partial charge < -0.3 is 14.7 Å². The van der Waals surface area contributed by atoms with E-state index in [1.807, 2.05) is 0 Å². The maximum atomic E-state index is 2.81. The van der Waals surface area contributed by atoms with E-state index >= 15 is 0 Å². The SMILES string of the molecule is CC(C)(C)c1ccc2c(c1)B1c3cc(C(C)(C)C)ccc3N(c3ccc(C(C)(C)C)cc3-c3ccccc3)c3cc(N4c5ccccc5C5(C)CCCCC45C)cc(c31)N2c1ccc(C(C)(C)C)cc1-c1ccccc1. The van der Waals surface area contributed by atoms with Crippen molar-refractivity contribution in [2.45, 2.75) is 155 Å². The van der Waals surface area contributed by atoms with Gasteiger partial charge in [0.1, 0.15) is 0 Å². The first kappa shape index (κ1) is 50.1. The number of fused-ring (bicyclic) bond motifs is 7. The molecule has 0 aromatic heterocycles. The Bertz CT molecular complexity index is 3390. The Hall–Kier alpha value is -6.78. The molecule has 12 rings (SSSR count). The quantitative estimate of drug-likeness (QED) is 0.159. The van der Waals surface area contributed by atoms with Crippen molar-refractivity contribution >= 4 is 68.6 Å². The molecule has 0 N–H and O–H groups in total. The van der Waals surface area contributed by atoms with Crippen LogP contribution < -0.4 is 31.1 Å². The van der Waals surface area contributed by atoms with Gasteiger partial charge in [0.05, 0.1) is 16.9 Å². The van der Waals surface area contributed by atoms with Crippen LogP contribution in [0.25, 0.3) is 22.3 Å². The minimum Gasteiger partial charge on any atom is -0.334 e. The van der Waals surface area contributed by atoms with Crippen LogP contribution in [0, 0.1) is 0 Å². The Kier molecular flexibility index (Phi) is 11.4. The zero-order valence-corrected chi connectivity index (χ0v) is 47.9. The second kappa shape index (κ2) is 17.4. The lowest BCUT2D eigenvalue weighted by atomic mass is 9.33. The summed E-state index contributed by atoms with van der Waals surface area (Å²) in [6.07, 6.45) is 4.75. The predicted molar refractivity (Wildman–Crippen MR) is 329 cm³/mol. The summed E-state index contributed by atoms with van der Waals surface area (Å²) in [7, 11) is 0. The van der Waals surface area contributed by atoms with Crippen molar-refractivity contribution in [3.05, 3.63) is 198 Å². The second-order valence-corrected chi connectivity index (χ2v) is 27.4. The predicted octanol–water partition coefficient (Wildman–Crippen LogP) is 18.0. The average Bonchev–Trinajstić information content (AvgIpc) is 3.81. The molecule has 8 aromatic rings. The smallest absolute Gasteiger partial charge is 0.252 e. The van der Waals surface area contributed by atoms with Crippen molar-refractivity contribution in [3.63, 3.8) is 0 Å². The molecule has 0 amide bonds. The van der Waals surface area contributed by atoms with E-state index < -0.39 is 0 Å². The molecule has 76 heavy (non-hydrogen) atoms. The lowest BCUT2D eigenvalue weighted by Gasteiger charge is -2.51. The summed E-state index contributed by atoms with van der Waals surface area (Å²) in [5.74, 6) is 0. The third-order valence-electron chi connectivity index (χ3n) is 18.4. The molecule has 2 unspecified atom stereocenters. The molecule has 3 heterocycles. The summed E-state index contributed by atoms with van der Waals surface area (Å²) in [5.41, 5.74) is 25.3. The van der Waals surface area contributed by atoms with E-state index in [1.165, 1.54) is 131 Å². The largest absolute Gasteiger partial charge is 0.334 e. The first-order chi connectivity index (χ1) is 36.0. The van der Waals surface area contributed by atoms with Gasteiger partial charge in [-0.25, -0.2) is 0 Å². The highest BCUT2D eigenvalue weighted by atomic mass is 15.3. The fourth-order valence-electron chi connectivity index (χ4n) is 13.8. The standard InChI is InChI=1S/C72H78BN3/c1-67(2,3)49-31-35-59(54(41-49)47-25-17-15-18-26-47)74-62-37-33-51(69(7,8)9)43-57(62)73-58-44-52(70(10,11)12)34-38-63(58)75(60-36-32-50(68(4,5)6)42-55(60)48-27-19-16-20-28-48)65-46-53(45-64(74)66(65)73)76-61-30-22-21-29-56(61)71(13)39-23-24-40-72(71,76)14/h15-22,25-38,41-46H,23-24,39-40H2,1-14H3. The Morgan fingerprint density at radius 2 is 0.776 bits per heavy atom. The van der Waals surface area contributed by atoms with Gasteiger partial charge in [0, 0.05) is 50.7 Å². The van der Waals surface area contributed by atoms with Crippen molar-refractivity contribution in [1.29, 1.82) is 0 Å². The number of hydrogen-bond donors (Lipinski definition) is 0. The van der Waals surface area contributed by atoms with Gasteiger partial charge in [0.2, 0.25) is 0 Å². The molecule has 3 nitrogen and oxygen atoms in total. The normalized spacial score (nSPS) is 19.0. The molecular formula is C72H78BN3. The fourth-order valence-corrected chi connectivity index (χ4v) is 13.8. The minimum atomic E-state index is -0.152. The van der Waals surface area contributed by atoms with Gasteiger partial charge in [-0.2, -0.15) is 0 Å². The van der Waals surface area contributed by atoms with Crippen molar-refractivity contribution in [2.75, 3.05) is 14.7 Å². The van der Waals surface area contributed by atoms with Gasteiger partial charge in [-0.3, -0.25) is 0 Å². The molecule has 2 atom stereocenters. The third-order valence-corrected chi connectivity index (χ3v) is 18.4. The Labute approximate surface area is 456 Å². The van der Waals surface area contributed by atoms with Gasteiger partial charge >= 0.3 is 0 Å². The summed E-state index contributed by atoms with van der Waals surface area (Å²) in [4.78, 5) is 8.19. The summed E-state index contributed by atoms with van der Waals surface area (Å²) in [6.45, 7) is 33.4. The van der Waals surface area contributed by atoms with Crippen LogP contribution in [0.1, 0.15) is 150 Å². The molecule has 4 aliphatic rings. The number of rotatable bonds is 5. The van der Waals surface area contributed by atoms with Gasteiger partial charge in [-0.1, -0.05) is 218 Å². The van der Waals surface area contributed by atoms with Crippen molar-refractivity contribution in [1.82, 2.24) is 0 Å². The Morgan fingerprint density at radius 1 is 0.382 bits per heavy atom. The average molecular weight is 996 g/mol. The van der Waals surface area contributed by atoms with E-state index in [2.05, 4.69) is 281 Å². The van der Waals surface area contributed by atoms with Crippen LogP contribution in [0.2, 0.25) is 0 Å². The van der Waals surface area contributed by atoms with Crippen LogP contribution in [0.15, 0.2) is 170 Å². The number of benzene rings is 8. The number of para-hydroxylation sites is 1. The van der Waals surface area contributed by atoms with Crippen LogP contribution in [0.3, 0.4) is 0 Å². The minimum absolute atomic E-state index is 0.0185. The molecule has 0 spiro atoms. The first-order valence-electron chi connectivity index (χ1n) is 28.3. The highest BCUT2D eigenvalue weighted by molar-refractivity contribution is 7.00. The topological polar surface area (TPSA) is 9.72 Å². The van der Waals surface area contributed by atoms with E-state index in [4.69, 9.17) is 0 Å². The van der Waals surface area contributed by atoms with Crippen LogP contribution >= 0.6 is 0 Å². The molecule has 1 fully saturated rings. The summed E-state index contributed by atoms with van der Waals surface area (Å²) in [5, 5.41) is 0. The molecule has 8 aromatic carbocycles. The van der Waals surface area contributed by atoms with Gasteiger partial charge in [-0.05, 0) is 151 Å². The Balaban J connectivity index is 1.26. The molecule has 1 saturated carbocycles. The lowest BCUT2D eigenvalue weighted by molar-refractivity contribution is 0.195. The second-order valence-electron chi connectivity index (χ2n) is 27.4. The molecule has 0 saturated heterocycles. The zero-order valence-electron chi connectivity index (χ0n) is 47.9. The van der Waals surface area contributed by atoms with E-state index in [-0.39, 0.29) is 39.3 Å². The molecule has 0 radical (unpaired) electrons. The number of anilines is 8. The lowest BCUT2D eigenvalue weighted by Crippen LogP contribution is -2.62. The van der Waals surface area contributed by atoms with Crippen molar-refractivity contribution < 1.29 is 0 Å². The van der Waals surface area contributed by atoms with Gasteiger partial charge in [0.25, 0.3) is 6.71 Å². The van der Waals surface area contributed by atoms with Crippen LogP contribution in [-0.2, 0) is 27.1 Å². The maximum Gasteiger partial charge on any atom is 0.252 e.